The summed E-state index contributed by atoms with van der Waals surface area (Å²) in [7, 11) is 0. The zero-order valence-electron chi connectivity index (χ0n) is 11.0. The number of rotatable bonds is 4. The summed E-state index contributed by atoms with van der Waals surface area (Å²) < 4.78 is 2.71. The van der Waals surface area contributed by atoms with Gasteiger partial charge in [0.2, 0.25) is 0 Å². The van der Waals surface area contributed by atoms with Crippen LogP contribution in [0.5, 0.6) is 0 Å². The first-order valence-electron chi connectivity index (χ1n) is 6.09. The van der Waals surface area contributed by atoms with Crippen LogP contribution >= 0.6 is 12.2 Å². The van der Waals surface area contributed by atoms with E-state index in [4.69, 9.17) is 12.2 Å². The lowest BCUT2D eigenvalue weighted by Crippen LogP contribution is -2.19. The summed E-state index contributed by atoms with van der Waals surface area (Å²) in [4.78, 5) is 4.13. The van der Waals surface area contributed by atoms with Crippen molar-refractivity contribution in [2.75, 3.05) is 0 Å². The molecule has 2 rings (SSSR count). The Bertz CT molecular complexity index is 568. The first kappa shape index (κ1) is 13.0. The van der Waals surface area contributed by atoms with Crippen molar-refractivity contribution in [3.05, 3.63) is 29.3 Å². The molecule has 0 aromatic carbocycles. The van der Waals surface area contributed by atoms with Gasteiger partial charge in [0.25, 0.3) is 0 Å². The number of aromatic amines is 1. The van der Waals surface area contributed by atoms with Gasteiger partial charge in [0.05, 0.1) is 0 Å². The van der Waals surface area contributed by atoms with Crippen molar-refractivity contribution < 1.29 is 0 Å². The van der Waals surface area contributed by atoms with Crippen LogP contribution in [0.25, 0.3) is 11.4 Å². The number of H-pyrrole nitrogens is 1. The number of nitrogens with zero attached hydrogens (tertiary/aromatic N) is 3. The second kappa shape index (κ2) is 5.02. The normalized spacial score (nSPS) is 11.7. The predicted octanol–water partition coefficient (Wildman–Crippen LogP) is 3.44. The average molecular weight is 262 g/mol. The topological polar surface area (TPSA) is 46.5 Å². The average Bonchev–Trinajstić information content (AvgIpc) is 2.72. The fourth-order valence-corrected chi connectivity index (χ4v) is 1.92. The maximum absolute atomic E-state index is 5.31. The smallest absolute Gasteiger partial charge is 0.195 e. The Morgan fingerprint density at radius 2 is 2.22 bits per heavy atom. The van der Waals surface area contributed by atoms with Crippen molar-refractivity contribution in [3.63, 3.8) is 0 Å². The summed E-state index contributed by atoms with van der Waals surface area (Å²) in [5, 5.41) is 7.18. The Balaban J connectivity index is 2.43. The Morgan fingerprint density at radius 1 is 1.44 bits per heavy atom. The van der Waals surface area contributed by atoms with Crippen LogP contribution in [-0.4, -0.2) is 19.7 Å². The molecule has 4 nitrogen and oxygen atoms in total. The minimum atomic E-state index is 0.194. The van der Waals surface area contributed by atoms with E-state index in [1.54, 1.807) is 12.4 Å². The molecule has 0 saturated heterocycles. The van der Waals surface area contributed by atoms with Gasteiger partial charge in [0.15, 0.2) is 10.6 Å². The molecular weight excluding hydrogens is 244 g/mol. The van der Waals surface area contributed by atoms with E-state index >= 15 is 0 Å². The van der Waals surface area contributed by atoms with Crippen molar-refractivity contribution in [2.45, 2.75) is 33.7 Å². The highest BCUT2D eigenvalue weighted by Gasteiger charge is 2.19. The zero-order valence-corrected chi connectivity index (χ0v) is 11.8. The van der Waals surface area contributed by atoms with Crippen LogP contribution in [0.1, 0.15) is 27.2 Å². The fourth-order valence-electron chi connectivity index (χ4n) is 1.72. The number of pyridine rings is 1. The predicted molar refractivity (Wildman–Crippen MR) is 74.7 cm³/mol. The molecule has 0 unspecified atom stereocenters. The van der Waals surface area contributed by atoms with E-state index in [0.29, 0.717) is 4.77 Å². The lowest BCUT2D eigenvalue weighted by molar-refractivity contribution is 0.294. The lowest BCUT2D eigenvalue weighted by Gasteiger charge is -2.23. The van der Waals surface area contributed by atoms with Gasteiger partial charge in [-0.1, -0.05) is 20.8 Å². The molecule has 0 aliphatic heterocycles. The molecule has 0 amide bonds. The second-order valence-corrected chi connectivity index (χ2v) is 5.58. The van der Waals surface area contributed by atoms with Crippen molar-refractivity contribution >= 4 is 12.2 Å². The van der Waals surface area contributed by atoms with Crippen molar-refractivity contribution in [3.8, 4) is 11.4 Å². The molecule has 18 heavy (non-hydrogen) atoms. The highest BCUT2D eigenvalue weighted by Crippen LogP contribution is 2.25. The van der Waals surface area contributed by atoms with Crippen LogP contribution in [0, 0.1) is 10.2 Å². The van der Waals surface area contributed by atoms with E-state index in [-0.39, 0.29) is 5.41 Å². The molecule has 0 aliphatic rings. The molecule has 96 valence electrons. The fraction of sp³-hybridized carbons (Fsp3) is 0.462. The van der Waals surface area contributed by atoms with Crippen LogP contribution in [0.3, 0.4) is 0 Å². The highest BCUT2D eigenvalue weighted by molar-refractivity contribution is 7.71. The summed E-state index contributed by atoms with van der Waals surface area (Å²) in [6.07, 6.45) is 4.65. The third kappa shape index (κ3) is 2.67. The molecule has 5 heteroatoms. The summed E-state index contributed by atoms with van der Waals surface area (Å²) >= 11 is 5.31. The Hall–Kier alpha value is -1.49. The maximum Gasteiger partial charge on any atom is 0.195 e. The van der Waals surface area contributed by atoms with E-state index in [1.807, 2.05) is 12.1 Å². The van der Waals surface area contributed by atoms with E-state index in [2.05, 4.69) is 40.5 Å². The molecule has 0 bridgehead atoms. The summed E-state index contributed by atoms with van der Waals surface area (Å²) in [5.74, 6) is 0.856. The number of nitrogens with one attached hydrogen (secondary N) is 1. The van der Waals surface area contributed by atoms with Crippen molar-refractivity contribution in [2.24, 2.45) is 5.41 Å². The third-order valence-electron chi connectivity index (χ3n) is 3.22. The number of hydrogen-bond acceptors (Lipinski definition) is 3. The quantitative estimate of drug-likeness (QED) is 0.859. The van der Waals surface area contributed by atoms with Crippen LogP contribution in [0.15, 0.2) is 24.5 Å². The third-order valence-corrected chi connectivity index (χ3v) is 3.53. The van der Waals surface area contributed by atoms with Crippen molar-refractivity contribution in [1.82, 2.24) is 19.7 Å². The molecule has 0 atom stereocenters. The lowest BCUT2D eigenvalue weighted by atomic mass is 9.90. The van der Waals surface area contributed by atoms with Crippen LogP contribution < -0.4 is 0 Å². The Kier molecular flexibility index (Phi) is 3.61. The molecule has 0 saturated carbocycles. The van der Waals surface area contributed by atoms with Gasteiger partial charge in [-0.3, -0.25) is 14.6 Å². The van der Waals surface area contributed by atoms with Gasteiger partial charge in [-0.15, -0.1) is 0 Å². The molecule has 0 spiro atoms. The Labute approximate surface area is 112 Å². The minimum absolute atomic E-state index is 0.194. The molecule has 2 aromatic heterocycles. The van der Waals surface area contributed by atoms with E-state index in [9.17, 15) is 0 Å². The molecular formula is C13H18N4S. The van der Waals surface area contributed by atoms with E-state index in [0.717, 1.165) is 24.4 Å². The molecule has 0 radical (unpaired) electrons. The number of aromatic nitrogens is 4. The largest absolute Gasteiger partial charge is 0.300 e. The molecule has 2 aromatic rings. The van der Waals surface area contributed by atoms with E-state index in [1.165, 1.54) is 0 Å². The Morgan fingerprint density at radius 3 is 2.83 bits per heavy atom. The number of hydrogen-bond donors (Lipinski definition) is 1. The van der Waals surface area contributed by atoms with E-state index < -0.39 is 0 Å². The molecule has 0 aliphatic carbocycles. The zero-order chi connectivity index (χ0) is 13.2. The summed E-state index contributed by atoms with van der Waals surface area (Å²) in [5.41, 5.74) is 1.18. The molecule has 1 N–H and O–H groups in total. The van der Waals surface area contributed by atoms with Crippen LogP contribution in [-0.2, 0) is 6.54 Å². The van der Waals surface area contributed by atoms with Gasteiger partial charge in [-0.05, 0) is 36.2 Å². The van der Waals surface area contributed by atoms with Gasteiger partial charge in [-0.2, -0.15) is 5.10 Å². The van der Waals surface area contributed by atoms with Crippen LogP contribution in [0.2, 0.25) is 0 Å². The second-order valence-electron chi connectivity index (χ2n) is 5.20. The minimum Gasteiger partial charge on any atom is -0.300 e. The monoisotopic (exact) mass is 262 g/mol. The maximum atomic E-state index is 5.31. The summed E-state index contributed by atoms with van der Waals surface area (Å²) in [6, 6.07) is 3.90. The van der Waals surface area contributed by atoms with Crippen LogP contribution in [0.4, 0.5) is 0 Å². The van der Waals surface area contributed by atoms with Gasteiger partial charge in [0, 0.05) is 24.5 Å². The standard InChI is InChI=1S/C13H18N4S/c1-4-13(2,3)9-17-11(15-16-12(17)18)10-6-5-7-14-8-10/h5-8H,4,9H2,1-3H3,(H,16,18). The van der Waals surface area contributed by atoms with Gasteiger partial charge in [0.1, 0.15) is 0 Å². The summed E-state index contributed by atoms with van der Waals surface area (Å²) in [6.45, 7) is 7.50. The van der Waals surface area contributed by atoms with Gasteiger partial charge in [-0.25, -0.2) is 0 Å². The van der Waals surface area contributed by atoms with Gasteiger partial charge < -0.3 is 0 Å². The SMILES string of the molecule is CCC(C)(C)Cn1c(-c2cccnc2)n[nH]c1=S. The van der Waals surface area contributed by atoms with Crippen molar-refractivity contribution in [1.29, 1.82) is 0 Å². The van der Waals surface area contributed by atoms with Gasteiger partial charge >= 0.3 is 0 Å². The molecule has 0 fully saturated rings. The first-order chi connectivity index (χ1) is 8.53. The molecule has 2 heterocycles. The first-order valence-corrected chi connectivity index (χ1v) is 6.50. The highest BCUT2D eigenvalue weighted by atomic mass is 32.1.